The SMILES string of the molecule is C/C=C/C(=O)C[C@]1(C)CC(COC(C)=O)=CC[C@@H]1OC(C)(C)C. The third kappa shape index (κ3) is 6.69. The summed E-state index contributed by atoms with van der Waals surface area (Å²) in [5, 5.41) is 0. The van der Waals surface area contributed by atoms with Crippen molar-refractivity contribution in [3.63, 3.8) is 0 Å². The molecule has 23 heavy (non-hydrogen) atoms. The first-order valence-corrected chi connectivity index (χ1v) is 8.20. The Morgan fingerprint density at radius 3 is 2.57 bits per heavy atom. The lowest BCUT2D eigenvalue weighted by atomic mass is 9.70. The fraction of sp³-hybridized carbons (Fsp3) is 0.684. The number of hydrogen-bond acceptors (Lipinski definition) is 4. The monoisotopic (exact) mass is 322 g/mol. The Balaban J connectivity index is 2.94. The zero-order valence-corrected chi connectivity index (χ0v) is 15.3. The normalized spacial score (nSPS) is 25.3. The predicted octanol–water partition coefficient (Wildman–Crippen LogP) is 4.00. The predicted molar refractivity (Wildman–Crippen MR) is 91.1 cm³/mol. The van der Waals surface area contributed by atoms with Crippen LogP contribution >= 0.6 is 0 Å². The summed E-state index contributed by atoms with van der Waals surface area (Å²) >= 11 is 0. The first-order chi connectivity index (χ1) is 10.6. The van der Waals surface area contributed by atoms with Crippen LogP contribution < -0.4 is 0 Å². The topological polar surface area (TPSA) is 52.6 Å². The number of carbonyl (C=O) groups is 2. The zero-order valence-electron chi connectivity index (χ0n) is 15.3. The molecule has 4 nitrogen and oxygen atoms in total. The minimum Gasteiger partial charge on any atom is -0.461 e. The molecule has 0 spiro atoms. The van der Waals surface area contributed by atoms with E-state index in [2.05, 4.69) is 13.0 Å². The van der Waals surface area contributed by atoms with E-state index in [1.54, 1.807) is 12.2 Å². The Morgan fingerprint density at radius 2 is 2.04 bits per heavy atom. The van der Waals surface area contributed by atoms with Crippen molar-refractivity contribution >= 4 is 11.8 Å². The van der Waals surface area contributed by atoms with E-state index >= 15 is 0 Å². The molecule has 0 radical (unpaired) electrons. The van der Waals surface area contributed by atoms with Gasteiger partial charge < -0.3 is 9.47 Å². The van der Waals surface area contributed by atoms with E-state index < -0.39 is 0 Å². The van der Waals surface area contributed by atoms with E-state index in [4.69, 9.17) is 9.47 Å². The molecule has 0 unspecified atom stereocenters. The molecule has 130 valence electrons. The molecule has 0 fully saturated rings. The van der Waals surface area contributed by atoms with E-state index in [0.29, 0.717) is 19.4 Å². The van der Waals surface area contributed by atoms with Crippen LogP contribution in [0.2, 0.25) is 0 Å². The molecule has 1 aliphatic carbocycles. The quantitative estimate of drug-likeness (QED) is 0.421. The highest BCUT2D eigenvalue weighted by Gasteiger charge is 2.41. The molecule has 0 aromatic rings. The number of rotatable bonds is 6. The maximum Gasteiger partial charge on any atom is 0.302 e. The Morgan fingerprint density at radius 1 is 1.39 bits per heavy atom. The smallest absolute Gasteiger partial charge is 0.302 e. The summed E-state index contributed by atoms with van der Waals surface area (Å²) in [6.07, 6.45) is 7.29. The van der Waals surface area contributed by atoms with Gasteiger partial charge in [-0.3, -0.25) is 9.59 Å². The van der Waals surface area contributed by atoms with Crippen LogP contribution in [0, 0.1) is 5.41 Å². The highest BCUT2D eigenvalue weighted by Crippen LogP contribution is 2.42. The summed E-state index contributed by atoms with van der Waals surface area (Å²) in [4.78, 5) is 23.2. The molecule has 0 aromatic carbocycles. The van der Waals surface area contributed by atoms with Crippen LogP contribution in [-0.2, 0) is 19.1 Å². The molecule has 0 aromatic heterocycles. The molecular formula is C19H30O4. The number of hydrogen-bond donors (Lipinski definition) is 0. The van der Waals surface area contributed by atoms with Crippen LogP contribution in [0.3, 0.4) is 0 Å². The molecule has 0 saturated carbocycles. The van der Waals surface area contributed by atoms with E-state index in [9.17, 15) is 9.59 Å². The van der Waals surface area contributed by atoms with Crippen molar-refractivity contribution in [3.05, 3.63) is 23.8 Å². The van der Waals surface area contributed by atoms with Crippen LogP contribution in [0.1, 0.15) is 60.8 Å². The summed E-state index contributed by atoms with van der Waals surface area (Å²) in [7, 11) is 0. The van der Waals surface area contributed by atoms with Gasteiger partial charge in [0.2, 0.25) is 0 Å². The summed E-state index contributed by atoms with van der Waals surface area (Å²) < 4.78 is 11.3. The van der Waals surface area contributed by atoms with Crippen LogP contribution in [0.25, 0.3) is 0 Å². The molecule has 0 bridgehead atoms. The van der Waals surface area contributed by atoms with Crippen molar-refractivity contribution in [2.45, 2.75) is 72.5 Å². The van der Waals surface area contributed by atoms with Gasteiger partial charge in [0.15, 0.2) is 5.78 Å². The third-order valence-corrected chi connectivity index (χ3v) is 3.92. The molecule has 4 heteroatoms. The maximum absolute atomic E-state index is 12.2. The second-order valence-electron chi connectivity index (χ2n) is 7.57. The van der Waals surface area contributed by atoms with E-state index in [-0.39, 0.29) is 28.9 Å². The van der Waals surface area contributed by atoms with E-state index in [1.165, 1.54) is 6.92 Å². The van der Waals surface area contributed by atoms with Gasteiger partial charge >= 0.3 is 5.97 Å². The Bertz CT molecular complexity index is 496. The average Bonchev–Trinajstić information content (AvgIpc) is 2.38. The van der Waals surface area contributed by atoms with Gasteiger partial charge in [-0.25, -0.2) is 0 Å². The van der Waals surface area contributed by atoms with Crippen molar-refractivity contribution in [2.75, 3.05) is 6.61 Å². The summed E-state index contributed by atoms with van der Waals surface area (Å²) in [5.41, 5.74) is 0.495. The molecule has 0 aliphatic heterocycles. The van der Waals surface area contributed by atoms with Gasteiger partial charge in [0.25, 0.3) is 0 Å². The molecule has 0 amide bonds. The second-order valence-corrected chi connectivity index (χ2v) is 7.57. The van der Waals surface area contributed by atoms with Crippen molar-refractivity contribution in [1.29, 1.82) is 0 Å². The van der Waals surface area contributed by atoms with Crippen molar-refractivity contribution < 1.29 is 19.1 Å². The number of carbonyl (C=O) groups excluding carboxylic acids is 2. The first kappa shape index (κ1) is 19.6. The van der Waals surface area contributed by atoms with Crippen LogP contribution in [0.4, 0.5) is 0 Å². The first-order valence-electron chi connectivity index (χ1n) is 8.20. The van der Waals surface area contributed by atoms with E-state index in [0.717, 1.165) is 12.0 Å². The average molecular weight is 322 g/mol. The van der Waals surface area contributed by atoms with Gasteiger partial charge in [0.05, 0.1) is 11.7 Å². The van der Waals surface area contributed by atoms with Gasteiger partial charge in [-0.2, -0.15) is 0 Å². The second kappa shape index (κ2) is 7.91. The summed E-state index contributed by atoms with van der Waals surface area (Å²) in [6, 6.07) is 0. The van der Waals surface area contributed by atoms with Gasteiger partial charge in [-0.15, -0.1) is 0 Å². The van der Waals surface area contributed by atoms with Crippen molar-refractivity contribution in [2.24, 2.45) is 5.41 Å². The Labute approximate surface area is 139 Å². The number of ether oxygens (including phenoxy) is 2. The highest BCUT2D eigenvalue weighted by molar-refractivity contribution is 5.90. The molecule has 0 N–H and O–H groups in total. The molecule has 1 aliphatic rings. The summed E-state index contributed by atoms with van der Waals surface area (Å²) in [5.74, 6) is -0.183. The molecular weight excluding hydrogens is 292 g/mol. The van der Waals surface area contributed by atoms with Crippen molar-refractivity contribution in [3.8, 4) is 0 Å². The molecule has 2 atom stereocenters. The van der Waals surface area contributed by atoms with Gasteiger partial charge in [0, 0.05) is 18.8 Å². The Kier molecular flexibility index (Phi) is 6.75. The molecule has 1 rings (SSSR count). The maximum atomic E-state index is 12.2. The molecule has 0 heterocycles. The van der Waals surface area contributed by atoms with Gasteiger partial charge in [-0.1, -0.05) is 19.1 Å². The zero-order chi connectivity index (χ0) is 17.7. The number of esters is 1. The summed E-state index contributed by atoms with van der Waals surface area (Å²) in [6.45, 7) is 11.7. The fourth-order valence-corrected chi connectivity index (χ4v) is 3.00. The van der Waals surface area contributed by atoms with Gasteiger partial charge in [0.1, 0.15) is 6.61 Å². The van der Waals surface area contributed by atoms with Crippen LogP contribution in [0.5, 0.6) is 0 Å². The fourth-order valence-electron chi connectivity index (χ4n) is 3.00. The lowest BCUT2D eigenvalue weighted by molar-refractivity contribution is -0.141. The molecule has 0 saturated heterocycles. The highest BCUT2D eigenvalue weighted by atomic mass is 16.5. The lowest BCUT2D eigenvalue weighted by Gasteiger charge is -2.43. The minimum absolute atomic E-state index is 0.0298. The lowest BCUT2D eigenvalue weighted by Crippen LogP contribution is -2.43. The van der Waals surface area contributed by atoms with Gasteiger partial charge in [-0.05, 0) is 52.2 Å². The largest absolute Gasteiger partial charge is 0.461 e. The standard InChI is InChI=1S/C19H30O4/c1-7-8-16(21)12-19(6)11-15(13-22-14(2)20)9-10-17(19)23-18(3,4)5/h7-9,17H,10-13H2,1-6H3/b8-7+/t17-,19-/m0/s1. The number of allylic oxidation sites excluding steroid dienone is 2. The van der Waals surface area contributed by atoms with Crippen LogP contribution in [0.15, 0.2) is 23.8 Å². The minimum atomic E-state index is -0.298. The third-order valence-electron chi connectivity index (χ3n) is 3.92. The van der Waals surface area contributed by atoms with Crippen molar-refractivity contribution in [1.82, 2.24) is 0 Å². The number of ketones is 1. The van der Waals surface area contributed by atoms with E-state index in [1.807, 2.05) is 27.7 Å². The van der Waals surface area contributed by atoms with Crippen LogP contribution in [-0.4, -0.2) is 30.1 Å². The Hall–Kier alpha value is -1.42.